The first kappa shape index (κ1) is 16.8. The standard InChI is InChI=1S/C22H20O3/c1-16(2)22(23)25-15-19-13-12-18-10-6-7-11-20(18)21(19)24-14-17-8-4-3-5-9-17/h3-13H,1,14-15H2,2H3. The van der Waals surface area contributed by atoms with E-state index in [1.807, 2.05) is 66.7 Å². The van der Waals surface area contributed by atoms with Crippen LogP contribution in [-0.4, -0.2) is 5.97 Å². The van der Waals surface area contributed by atoms with Gasteiger partial charge in [0.25, 0.3) is 0 Å². The maximum atomic E-state index is 11.7. The molecule has 0 unspecified atom stereocenters. The molecule has 3 aromatic carbocycles. The maximum absolute atomic E-state index is 11.7. The second-order valence-electron chi connectivity index (χ2n) is 5.91. The van der Waals surface area contributed by atoms with Crippen LogP contribution in [0.5, 0.6) is 5.75 Å². The largest absolute Gasteiger partial charge is 0.488 e. The van der Waals surface area contributed by atoms with E-state index in [0.717, 1.165) is 27.6 Å². The second kappa shape index (κ2) is 7.67. The van der Waals surface area contributed by atoms with Crippen molar-refractivity contribution < 1.29 is 14.3 Å². The summed E-state index contributed by atoms with van der Waals surface area (Å²) in [5, 5.41) is 2.09. The monoisotopic (exact) mass is 332 g/mol. The molecule has 0 aromatic heterocycles. The molecule has 0 saturated heterocycles. The Morgan fingerprint density at radius 2 is 1.64 bits per heavy atom. The minimum absolute atomic E-state index is 0.153. The summed E-state index contributed by atoms with van der Waals surface area (Å²) in [6.45, 7) is 5.85. The predicted octanol–water partition coefficient (Wildman–Crippen LogP) is 5.04. The molecule has 0 aliphatic rings. The zero-order chi connectivity index (χ0) is 17.6. The zero-order valence-electron chi connectivity index (χ0n) is 14.2. The van der Waals surface area contributed by atoms with Gasteiger partial charge in [0.2, 0.25) is 0 Å². The van der Waals surface area contributed by atoms with Crippen molar-refractivity contribution in [2.24, 2.45) is 0 Å². The maximum Gasteiger partial charge on any atom is 0.333 e. The van der Waals surface area contributed by atoms with Crippen molar-refractivity contribution >= 4 is 16.7 Å². The summed E-state index contributed by atoms with van der Waals surface area (Å²) in [5.41, 5.74) is 2.30. The lowest BCUT2D eigenvalue weighted by atomic mass is 10.1. The fourth-order valence-electron chi connectivity index (χ4n) is 2.57. The quantitative estimate of drug-likeness (QED) is 0.469. The van der Waals surface area contributed by atoms with Gasteiger partial charge in [-0.25, -0.2) is 4.79 Å². The van der Waals surface area contributed by atoms with Gasteiger partial charge in [-0.2, -0.15) is 0 Å². The van der Waals surface area contributed by atoms with Crippen LogP contribution in [0.1, 0.15) is 18.1 Å². The highest BCUT2D eigenvalue weighted by atomic mass is 16.5. The van der Waals surface area contributed by atoms with Gasteiger partial charge in [0.05, 0.1) is 0 Å². The van der Waals surface area contributed by atoms with Gasteiger partial charge in [0.15, 0.2) is 0 Å². The summed E-state index contributed by atoms with van der Waals surface area (Å²) in [5.74, 6) is 0.346. The first-order valence-electron chi connectivity index (χ1n) is 8.15. The Kier molecular flexibility index (Phi) is 5.14. The minimum atomic E-state index is -0.401. The number of hydrogen-bond acceptors (Lipinski definition) is 3. The van der Waals surface area contributed by atoms with Crippen molar-refractivity contribution in [2.45, 2.75) is 20.1 Å². The van der Waals surface area contributed by atoms with E-state index in [4.69, 9.17) is 9.47 Å². The summed E-state index contributed by atoms with van der Waals surface area (Å²) < 4.78 is 11.4. The smallest absolute Gasteiger partial charge is 0.333 e. The molecule has 3 heteroatoms. The third kappa shape index (κ3) is 4.07. The van der Waals surface area contributed by atoms with Crippen LogP contribution in [0.4, 0.5) is 0 Å². The Morgan fingerprint density at radius 1 is 0.920 bits per heavy atom. The van der Waals surface area contributed by atoms with Crippen LogP contribution in [0.3, 0.4) is 0 Å². The average molecular weight is 332 g/mol. The summed E-state index contributed by atoms with van der Waals surface area (Å²) in [6.07, 6.45) is 0. The van der Waals surface area contributed by atoms with Crippen LogP contribution < -0.4 is 4.74 Å². The summed E-state index contributed by atoms with van der Waals surface area (Å²) in [6, 6.07) is 21.9. The number of fused-ring (bicyclic) bond motifs is 1. The number of hydrogen-bond donors (Lipinski definition) is 0. The minimum Gasteiger partial charge on any atom is -0.488 e. The lowest BCUT2D eigenvalue weighted by Gasteiger charge is -2.15. The van der Waals surface area contributed by atoms with E-state index in [1.165, 1.54) is 0 Å². The van der Waals surface area contributed by atoms with E-state index in [1.54, 1.807) is 6.92 Å². The van der Waals surface area contributed by atoms with E-state index in [9.17, 15) is 4.79 Å². The van der Waals surface area contributed by atoms with Crippen molar-refractivity contribution in [3.05, 3.63) is 90.0 Å². The van der Waals surface area contributed by atoms with Crippen LogP contribution in [0.15, 0.2) is 78.9 Å². The first-order chi connectivity index (χ1) is 12.1. The second-order valence-corrected chi connectivity index (χ2v) is 5.91. The van der Waals surface area contributed by atoms with Crippen molar-refractivity contribution in [1.82, 2.24) is 0 Å². The van der Waals surface area contributed by atoms with Crippen LogP contribution in [0.25, 0.3) is 10.8 Å². The highest BCUT2D eigenvalue weighted by Crippen LogP contribution is 2.31. The van der Waals surface area contributed by atoms with Crippen molar-refractivity contribution in [3.63, 3.8) is 0 Å². The highest BCUT2D eigenvalue weighted by Gasteiger charge is 2.12. The van der Waals surface area contributed by atoms with Crippen molar-refractivity contribution in [1.29, 1.82) is 0 Å². The molecule has 0 fully saturated rings. The molecule has 0 N–H and O–H groups in total. The molecule has 0 radical (unpaired) electrons. The predicted molar refractivity (Wildman–Crippen MR) is 99.3 cm³/mol. The van der Waals surface area contributed by atoms with Gasteiger partial charge < -0.3 is 9.47 Å². The Labute approximate surface area is 147 Å². The van der Waals surface area contributed by atoms with Gasteiger partial charge in [0.1, 0.15) is 19.0 Å². The van der Waals surface area contributed by atoms with Crippen molar-refractivity contribution in [2.75, 3.05) is 0 Å². The number of esters is 1. The molecule has 3 rings (SSSR count). The molecular weight excluding hydrogens is 312 g/mol. The summed E-state index contributed by atoms with van der Waals surface area (Å²) >= 11 is 0. The lowest BCUT2D eigenvalue weighted by Crippen LogP contribution is -2.07. The number of benzene rings is 3. The summed E-state index contributed by atoms with van der Waals surface area (Å²) in [4.78, 5) is 11.7. The molecule has 0 atom stereocenters. The van der Waals surface area contributed by atoms with Gasteiger partial charge in [0, 0.05) is 16.5 Å². The Morgan fingerprint density at radius 3 is 2.40 bits per heavy atom. The summed E-state index contributed by atoms with van der Waals surface area (Å²) in [7, 11) is 0. The average Bonchev–Trinajstić information content (AvgIpc) is 2.65. The molecule has 0 spiro atoms. The third-order valence-corrected chi connectivity index (χ3v) is 3.89. The van der Waals surface area contributed by atoms with Crippen LogP contribution in [0, 0.1) is 0 Å². The van der Waals surface area contributed by atoms with Crippen molar-refractivity contribution in [3.8, 4) is 5.75 Å². The molecule has 0 saturated carbocycles. The molecule has 0 aliphatic carbocycles. The number of ether oxygens (including phenoxy) is 2. The molecule has 0 aliphatic heterocycles. The van der Waals surface area contributed by atoms with E-state index >= 15 is 0 Å². The zero-order valence-corrected chi connectivity index (χ0v) is 14.2. The van der Waals surface area contributed by atoms with Crippen LogP contribution in [0.2, 0.25) is 0 Å². The molecule has 3 aromatic rings. The van der Waals surface area contributed by atoms with E-state index in [0.29, 0.717) is 12.2 Å². The van der Waals surface area contributed by atoms with Gasteiger partial charge >= 0.3 is 5.97 Å². The van der Waals surface area contributed by atoms with Crippen LogP contribution >= 0.6 is 0 Å². The Bertz CT molecular complexity index is 898. The Hall–Kier alpha value is -3.07. The highest BCUT2D eigenvalue weighted by molar-refractivity contribution is 5.90. The molecular formula is C22H20O3. The van der Waals surface area contributed by atoms with Crippen LogP contribution in [-0.2, 0) is 22.7 Å². The number of carbonyl (C=O) groups is 1. The number of rotatable bonds is 6. The molecule has 0 heterocycles. The van der Waals surface area contributed by atoms with E-state index < -0.39 is 5.97 Å². The first-order valence-corrected chi connectivity index (χ1v) is 8.15. The normalized spacial score (nSPS) is 10.4. The van der Waals surface area contributed by atoms with Gasteiger partial charge in [-0.05, 0) is 17.9 Å². The molecule has 0 bridgehead atoms. The Balaban J connectivity index is 1.89. The molecule has 0 amide bonds. The van der Waals surface area contributed by atoms with E-state index in [-0.39, 0.29) is 6.61 Å². The molecule has 25 heavy (non-hydrogen) atoms. The number of carbonyl (C=O) groups excluding carboxylic acids is 1. The fourth-order valence-corrected chi connectivity index (χ4v) is 2.57. The van der Waals surface area contributed by atoms with E-state index in [2.05, 4.69) is 6.58 Å². The SMILES string of the molecule is C=C(C)C(=O)OCc1ccc2ccccc2c1OCc1ccccc1. The van der Waals surface area contributed by atoms with Gasteiger partial charge in [-0.1, -0.05) is 73.3 Å². The third-order valence-electron chi connectivity index (χ3n) is 3.89. The molecule has 3 nitrogen and oxygen atoms in total. The topological polar surface area (TPSA) is 35.5 Å². The fraction of sp³-hybridized carbons (Fsp3) is 0.136. The molecule has 126 valence electrons. The lowest BCUT2D eigenvalue weighted by molar-refractivity contribution is -0.140. The van der Waals surface area contributed by atoms with Gasteiger partial charge in [-0.15, -0.1) is 0 Å². The van der Waals surface area contributed by atoms with Gasteiger partial charge in [-0.3, -0.25) is 0 Å².